The molecule has 4 heteroatoms. The van der Waals surface area contributed by atoms with Crippen molar-refractivity contribution in [3.8, 4) is 0 Å². The molecule has 1 N–H and O–H groups in total. The third kappa shape index (κ3) is 5.06. The molecule has 0 radical (unpaired) electrons. The Morgan fingerprint density at radius 1 is 1.10 bits per heavy atom. The van der Waals surface area contributed by atoms with E-state index in [9.17, 15) is 4.79 Å². The summed E-state index contributed by atoms with van der Waals surface area (Å²) in [6, 6.07) is 0. The van der Waals surface area contributed by atoms with Gasteiger partial charge in [0.25, 0.3) is 0 Å². The number of piperidine rings is 2. The molecular formula is C16H30N2O2. The van der Waals surface area contributed by atoms with Crippen LogP contribution in [0.25, 0.3) is 0 Å². The zero-order valence-electron chi connectivity index (χ0n) is 12.9. The maximum Gasteiger partial charge on any atom is 0.303 e. The van der Waals surface area contributed by atoms with Crippen LogP contribution in [0.2, 0.25) is 0 Å². The molecule has 2 unspecified atom stereocenters. The summed E-state index contributed by atoms with van der Waals surface area (Å²) in [6.45, 7) is 9.30. The highest BCUT2D eigenvalue weighted by Gasteiger charge is 2.26. The van der Waals surface area contributed by atoms with Crippen LogP contribution in [0.1, 0.15) is 45.4 Å². The Morgan fingerprint density at radius 2 is 1.75 bits per heavy atom. The predicted molar refractivity (Wildman–Crippen MR) is 80.9 cm³/mol. The summed E-state index contributed by atoms with van der Waals surface area (Å²) >= 11 is 0. The number of carboxylic acids is 1. The van der Waals surface area contributed by atoms with Crippen LogP contribution in [0.15, 0.2) is 0 Å². The molecule has 0 aromatic heterocycles. The Kier molecular flexibility index (Phi) is 6.30. The van der Waals surface area contributed by atoms with Gasteiger partial charge in [0.2, 0.25) is 0 Å². The first-order valence-electron chi connectivity index (χ1n) is 8.31. The van der Waals surface area contributed by atoms with Gasteiger partial charge in [-0.2, -0.15) is 0 Å². The zero-order chi connectivity index (χ0) is 14.4. The van der Waals surface area contributed by atoms with E-state index in [0.29, 0.717) is 18.3 Å². The SMILES string of the molecule is CC(CC(=O)O)C1CCCN(CCN2CCCCC2)C1. The molecule has 2 fully saturated rings. The van der Waals surface area contributed by atoms with E-state index in [1.165, 1.54) is 58.3 Å². The van der Waals surface area contributed by atoms with Crippen LogP contribution >= 0.6 is 0 Å². The van der Waals surface area contributed by atoms with Gasteiger partial charge in [-0.3, -0.25) is 4.79 Å². The van der Waals surface area contributed by atoms with Gasteiger partial charge >= 0.3 is 5.97 Å². The number of hydrogen-bond donors (Lipinski definition) is 1. The van der Waals surface area contributed by atoms with E-state index in [1.54, 1.807) is 0 Å². The van der Waals surface area contributed by atoms with Crippen molar-refractivity contribution in [2.45, 2.75) is 45.4 Å². The normalized spacial score (nSPS) is 27.4. The molecule has 116 valence electrons. The van der Waals surface area contributed by atoms with Gasteiger partial charge in [-0.15, -0.1) is 0 Å². The molecule has 0 aromatic rings. The molecule has 0 saturated carbocycles. The van der Waals surface area contributed by atoms with Gasteiger partial charge in [0.05, 0.1) is 0 Å². The average Bonchev–Trinajstić information content (AvgIpc) is 2.46. The number of carbonyl (C=O) groups is 1. The van der Waals surface area contributed by atoms with Crippen LogP contribution in [0.4, 0.5) is 0 Å². The quantitative estimate of drug-likeness (QED) is 0.812. The number of nitrogens with zero attached hydrogens (tertiary/aromatic N) is 2. The number of carboxylic acid groups (broad SMARTS) is 1. The second-order valence-electron chi connectivity index (χ2n) is 6.68. The topological polar surface area (TPSA) is 43.8 Å². The van der Waals surface area contributed by atoms with Crippen LogP contribution in [0, 0.1) is 11.8 Å². The summed E-state index contributed by atoms with van der Waals surface area (Å²) in [5.74, 6) is 0.231. The van der Waals surface area contributed by atoms with Gasteiger partial charge in [-0.05, 0) is 57.2 Å². The third-order valence-electron chi connectivity index (χ3n) is 5.02. The van der Waals surface area contributed by atoms with Gasteiger partial charge in [-0.1, -0.05) is 13.3 Å². The Morgan fingerprint density at radius 3 is 2.45 bits per heavy atom. The maximum atomic E-state index is 10.8. The summed E-state index contributed by atoms with van der Waals surface area (Å²) in [5, 5.41) is 8.93. The monoisotopic (exact) mass is 282 g/mol. The second-order valence-corrected chi connectivity index (χ2v) is 6.68. The number of rotatable bonds is 6. The van der Waals surface area contributed by atoms with Gasteiger partial charge in [0.15, 0.2) is 0 Å². The maximum absolute atomic E-state index is 10.8. The predicted octanol–water partition coefficient (Wildman–Crippen LogP) is 2.30. The zero-order valence-corrected chi connectivity index (χ0v) is 12.9. The summed E-state index contributed by atoms with van der Waals surface area (Å²) in [7, 11) is 0. The molecule has 2 heterocycles. The molecule has 2 atom stereocenters. The molecule has 2 saturated heterocycles. The fourth-order valence-corrected chi connectivity index (χ4v) is 3.67. The largest absolute Gasteiger partial charge is 0.481 e. The lowest BCUT2D eigenvalue weighted by molar-refractivity contribution is -0.138. The molecule has 20 heavy (non-hydrogen) atoms. The Labute approximate surface area is 123 Å². The molecule has 2 aliphatic heterocycles. The van der Waals surface area contributed by atoms with Crippen LogP contribution in [-0.4, -0.2) is 60.1 Å². The first kappa shape index (κ1) is 15.8. The van der Waals surface area contributed by atoms with Crippen molar-refractivity contribution < 1.29 is 9.90 Å². The molecule has 0 amide bonds. The molecule has 0 spiro atoms. The van der Waals surface area contributed by atoms with Gasteiger partial charge < -0.3 is 14.9 Å². The first-order chi connectivity index (χ1) is 9.65. The van der Waals surface area contributed by atoms with Crippen LogP contribution in [0.5, 0.6) is 0 Å². The van der Waals surface area contributed by atoms with Gasteiger partial charge in [-0.25, -0.2) is 0 Å². The minimum atomic E-state index is -0.650. The molecule has 2 rings (SSSR count). The minimum Gasteiger partial charge on any atom is -0.481 e. The second kappa shape index (κ2) is 7.99. The highest BCUT2D eigenvalue weighted by atomic mass is 16.4. The lowest BCUT2D eigenvalue weighted by atomic mass is 9.84. The first-order valence-corrected chi connectivity index (χ1v) is 8.31. The summed E-state index contributed by atoms with van der Waals surface area (Å²) in [6.07, 6.45) is 6.87. The molecule has 0 aliphatic carbocycles. The van der Waals surface area contributed by atoms with Gasteiger partial charge in [0.1, 0.15) is 0 Å². The van der Waals surface area contributed by atoms with E-state index >= 15 is 0 Å². The highest BCUT2D eigenvalue weighted by Crippen LogP contribution is 2.26. The average molecular weight is 282 g/mol. The van der Waals surface area contributed by atoms with E-state index in [-0.39, 0.29) is 0 Å². The molecule has 0 aromatic carbocycles. The standard InChI is InChI=1S/C16H30N2O2/c1-14(12-16(19)20)15-6-5-9-18(13-15)11-10-17-7-3-2-4-8-17/h14-15H,2-13H2,1H3,(H,19,20). The van der Waals surface area contributed by atoms with Crippen LogP contribution < -0.4 is 0 Å². The Balaban J connectivity index is 1.70. The Bertz CT molecular complexity index is 303. The molecular weight excluding hydrogens is 252 g/mol. The van der Waals surface area contributed by atoms with Crippen molar-refractivity contribution in [1.82, 2.24) is 9.80 Å². The lowest BCUT2D eigenvalue weighted by Gasteiger charge is -2.37. The number of hydrogen-bond acceptors (Lipinski definition) is 3. The fourth-order valence-electron chi connectivity index (χ4n) is 3.67. The highest BCUT2D eigenvalue weighted by molar-refractivity contribution is 5.67. The number of aliphatic carboxylic acids is 1. The van der Waals surface area contributed by atoms with E-state index in [2.05, 4.69) is 16.7 Å². The van der Waals surface area contributed by atoms with Crippen molar-refractivity contribution in [3.63, 3.8) is 0 Å². The summed E-state index contributed by atoms with van der Waals surface area (Å²) in [4.78, 5) is 16.0. The smallest absolute Gasteiger partial charge is 0.303 e. The minimum absolute atomic E-state index is 0.310. The van der Waals surface area contributed by atoms with Crippen molar-refractivity contribution in [1.29, 1.82) is 0 Å². The third-order valence-corrected chi connectivity index (χ3v) is 5.02. The van der Waals surface area contributed by atoms with Crippen molar-refractivity contribution in [3.05, 3.63) is 0 Å². The van der Waals surface area contributed by atoms with Crippen molar-refractivity contribution in [2.24, 2.45) is 11.8 Å². The van der Waals surface area contributed by atoms with Crippen molar-refractivity contribution >= 4 is 5.97 Å². The Hall–Kier alpha value is -0.610. The summed E-state index contributed by atoms with van der Waals surface area (Å²) < 4.78 is 0. The van der Waals surface area contributed by atoms with Crippen LogP contribution in [0.3, 0.4) is 0 Å². The molecule has 0 bridgehead atoms. The van der Waals surface area contributed by atoms with Crippen LogP contribution in [-0.2, 0) is 4.79 Å². The lowest BCUT2D eigenvalue weighted by Crippen LogP contribution is -2.43. The number of likely N-dealkylation sites (tertiary alicyclic amines) is 2. The summed E-state index contributed by atoms with van der Waals surface area (Å²) in [5.41, 5.74) is 0. The molecule has 4 nitrogen and oxygen atoms in total. The fraction of sp³-hybridized carbons (Fsp3) is 0.938. The van der Waals surface area contributed by atoms with Crippen molar-refractivity contribution in [2.75, 3.05) is 39.3 Å². The van der Waals surface area contributed by atoms with E-state index in [4.69, 9.17) is 5.11 Å². The van der Waals surface area contributed by atoms with E-state index < -0.39 is 5.97 Å². The van der Waals surface area contributed by atoms with E-state index in [1.807, 2.05) is 0 Å². The van der Waals surface area contributed by atoms with Gasteiger partial charge in [0, 0.05) is 26.1 Å². The van der Waals surface area contributed by atoms with E-state index in [0.717, 1.165) is 13.1 Å². The molecule has 2 aliphatic rings.